The van der Waals surface area contributed by atoms with Crippen molar-refractivity contribution in [2.45, 2.75) is 6.54 Å². The molecule has 0 spiro atoms. The molecule has 1 amide bonds. The summed E-state index contributed by atoms with van der Waals surface area (Å²) in [5.41, 5.74) is 2.31. The van der Waals surface area contributed by atoms with Crippen LogP contribution in [0.1, 0.15) is 5.56 Å². The summed E-state index contributed by atoms with van der Waals surface area (Å²) in [6, 6.07) is 17.6. The van der Waals surface area contributed by atoms with Gasteiger partial charge in [0.1, 0.15) is 5.75 Å². The minimum Gasteiger partial charge on any atom is -0.484 e. The van der Waals surface area contributed by atoms with Crippen LogP contribution in [0.25, 0.3) is 0 Å². The standard InChI is InChI=1S/C20H24N2O3/c1-21(20(23)16-25-18-8-3-2-4-9-18)15-17-7-5-6-10-19(17)22-11-13-24-14-12-22/h2-10H,11-16H2,1H3. The van der Waals surface area contributed by atoms with Gasteiger partial charge in [0.05, 0.1) is 13.2 Å². The number of likely N-dealkylation sites (N-methyl/N-ethyl adjacent to an activating group) is 1. The Hall–Kier alpha value is -2.53. The van der Waals surface area contributed by atoms with Crippen molar-refractivity contribution < 1.29 is 14.3 Å². The maximum Gasteiger partial charge on any atom is 0.260 e. The fraction of sp³-hybridized carbons (Fsp3) is 0.350. The number of morpholine rings is 1. The first-order chi connectivity index (χ1) is 12.2. The number of ether oxygens (including phenoxy) is 2. The fourth-order valence-corrected chi connectivity index (χ4v) is 2.87. The maximum absolute atomic E-state index is 12.4. The number of carbonyl (C=O) groups is 1. The zero-order chi connectivity index (χ0) is 17.5. The van der Waals surface area contributed by atoms with Crippen molar-refractivity contribution in [2.75, 3.05) is 44.9 Å². The van der Waals surface area contributed by atoms with Gasteiger partial charge in [0, 0.05) is 32.4 Å². The number of para-hydroxylation sites is 2. The van der Waals surface area contributed by atoms with Gasteiger partial charge in [-0.2, -0.15) is 0 Å². The van der Waals surface area contributed by atoms with E-state index >= 15 is 0 Å². The molecule has 1 aliphatic heterocycles. The highest BCUT2D eigenvalue weighted by Gasteiger charge is 2.17. The van der Waals surface area contributed by atoms with Crippen molar-refractivity contribution in [3.63, 3.8) is 0 Å². The summed E-state index contributed by atoms with van der Waals surface area (Å²) in [5, 5.41) is 0. The van der Waals surface area contributed by atoms with E-state index in [0.29, 0.717) is 12.3 Å². The number of hydrogen-bond donors (Lipinski definition) is 0. The SMILES string of the molecule is CN(Cc1ccccc1N1CCOCC1)C(=O)COc1ccccc1. The van der Waals surface area contributed by atoms with E-state index in [9.17, 15) is 4.79 Å². The molecule has 0 aliphatic carbocycles. The van der Waals surface area contributed by atoms with Gasteiger partial charge in [0.25, 0.3) is 5.91 Å². The Bertz CT molecular complexity index is 684. The Morgan fingerprint density at radius 3 is 2.52 bits per heavy atom. The third kappa shape index (κ3) is 4.73. The van der Waals surface area contributed by atoms with E-state index in [1.165, 1.54) is 5.69 Å². The van der Waals surface area contributed by atoms with Crippen LogP contribution in [0.2, 0.25) is 0 Å². The zero-order valence-corrected chi connectivity index (χ0v) is 14.6. The van der Waals surface area contributed by atoms with Crippen LogP contribution >= 0.6 is 0 Å². The van der Waals surface area contributed by atoms with Crippen LogP contribution < -0.4 is 9.64 Å². The third-order valence-corrected chi connectivity index (χ3v) is 4.28. The van der Waals surface area contributed by atoms with Gasteiger partial charge in [-0.25, -0.2) is 0 Å². The Kier molecular flexibility index (Phi) is 5.90. The smallest absolute Gasteiger partial charge is 0.260 e. The summed E-state index contributed by atoms with van der Waals surface area (Å²) < 4.78 is 11.0. The molecule has 0 unspecified atom stereocenters. The monoisotopic (exact) mass is 340 g/mol. The van der Waals surface area contributed by atoms with Crippen molar-refractivity contribution in [3.05, 3.63) is 60.2 Å². The van der Waals surface area contributed by atoms with E-state index < -0.39 is 0 Å². The van der Waals surface area contributed by atoms with Gasteiger partial charge in [0.15, 0.2) is 6.61 Å². The van der Waals surface area contributed by atoms with Crippen LogP contribution in [-0.4, -0.2) is 50.8 Å². The summed E-state index contributed by atoms with van der Waals surface area (Å²) in [4.78, 5) is 16.4. The van der Waals surface area contributed by atoms with Crippen molar-refractivity contribution in [2.24, 2.45) is 0 Å². The number of benzene rings is 2. The van der Waals surface area contributed by atoms with Crippen LogP contribution in [0.15, 0.2) is 54.6 Å². The second-order valence-electron chi connectivity index (χ2n) is 6.08. The molecule has 0 aromatic heterocycles. The van der Waals surface area contributed by atoms with Gasteiger partial charge in [-0.15, -0.1) is 0 Å². The van der Waals surface area contributed by atoms with Gasteiger partial charge in [-0.05, 0) is 23.8 Å². The highest BCUT2D eigenvalue weighted by Crippen LogP contribution is 2.22. The first-order valence-corrected chi connectivity index (χ1v) is 8.56. The molecule has 1 fully saturated rings. The second kappa shape index (κ2) is 8.53. The molecule has 2 aromatic carbocycles. The lowest BCUT2D eigenvalue weighted by molar-refractivity contribution is -0.132. The van der Waals surface area contributed by atoms with E-state index in [4.69, 9.17) is 9.47 Å². The predicted molar refractivity (Wildman–Crippen MR) is 97.9 cm³/mol. The quantitative estimate of drug-likeness (QED) is 0.810. The Labute approximate surface area is 148 Å². The lowest BCUT2D eigenvalue weighted by Crippen LogP contribution is -2.37. The summed E-state index contributed by atoms with van der Waals surface area (Å²) in [5.74, 6) is 0.665. The van der Waals surface area contributed by atoms with Crippen LogP contribution in [0.5, 0.6) is 5.75 Å². The van der Waals surface area contributed by atoms with Crippen LogP contribution in [-0.2, 0) is 16.1 Å². The molecule has 0 saturated carbocycles. The predicted octanol–water partition coefficient (Wildman–Crippen LogP) is 2.56. The number of carbonyl (C=O) groups excluding carboxylic acids is 1. The number of amides is 1. The van der Waals surface area contributed by atoms with E-state index in [-0.39, 0.29) is 12.5 Å². The molecule has 1 heterocycles. The van der Waals surface area contributed by atoms with Gasteiger partial charge in [-0.1, -0.05) is 36.4 Å². The lowest BCUT2D eigenvalue weighted by Gasteiger charge is -2.31. The van der Waals surface area contributed by atoms with Gasteiger partial charge >= 0.3 is 0 Å². The number of hydrogen-bond acceptors (Lipinski definition) is 4. The van der Waals surface area contributed by atoms with E-state index in [1.54, 1.807) is 4.90 Å². The molecule has 1 aliphatic rings. The Morgan fingerprint density at radius 1 is 1.08 bits per heavy atom. The van der Waals surface area contributed by atoms with E-state index in [0.717, 1.165) is 31.9 Å². The average Bonchev–Trinajstić information content (AvgIpc) is 2.68. The van der Waals surface area contributed by atoms with Gasteiger partial charge < -0.3 is 19.3 Å². The molecular weight excluding hydrogens is 316 g/mol. The Morgan fingerprint density at radius 2 is 1.76 bits per heavy atom. The van der Waals surface area contributed by atoms with Crippen molar-refractivity contribution in [3.8, 4) is 5.75 Å². The van der Waals surface area contributed by atoms with Crippen LogP contribution in [0.4, 0.5) is 5.69 Å². The molecular formula is C20H24N2O3. The molecule has 0 bridgehead atoms. The number of anilines is 1. The fourth-order valence-electron chi connectivity index (χ4n) is 2.87. The minimum atomic E-state index is -0.0411. The molecule has 5 heteroatoms. The van der Waals surface area contributed by atoms with Crippen LogP contribution in [0, 0.1) is 0 Å². The third-order valence-electron chi connectivity index (χ3n) is 4.28. The summed E-state index contributed by atoms with van der Waals surface area (Å²) in [7, 11) is 1.81. The molecule has 3 rings (SSSR count). The number of nitrogens with zero attached hydrogens (tertiary/aromatic N) is 2. The van der Waals surface area contributed by atoms with E-state index in [2.05, 4.69) is 17.0 Å². The van der Waals surface area contributed by atoms with Crippen molar-refractivity contribution in [1.29, 1.82) is 0 Å². The first kappa shape index (κ1) is 17.3. The van der Waals surface area contributed by atoms with Crippen LogP contribution in [0.3, 0.4) is 0 Å². The molecule has 1 saturated heterocycles. The molecule has 0 atom stereocenters. The molecule has 0 N–H and O–H groups in total. The average molecular weight is 340 g/mol. The minimum absolute atomic E-state index is 0.0411. The summed E-state index contributed by atoms with van der Waals surface area (Å²) >= 11 is 0. The molecule has 2 aromatic rings. The Balaban J connectivity index is 1.60. The molecule has 5 nitrogen and oxygen atoms in total. The summed E-state index contributed by atoms with van der Waals surface area (Å²) in [6.45, 7) is 3.85. The lowest BCUT2D eigenvalue weighted by atomic mass is 10.1. The summed E-state index contributed by atoms with van der Waals surface area (Å²) in [6.07, 6.45) is 0. The molecule has 0 radical (unpaired) electrons. The molecule has 132 valence electrons. The maximum atomic E-state index is 12.4. The van der Waals surface area contributed by atoms with Crippen molar-refractivity contribution in [1.82, 2.24) is 4.90 Å². The van der Waals surface area contributed by atoms with Gasteiger partial charge in [-0.3, -0.25) is 4.79 Å². The normalized spacial score (nSPS) is 14.2. The first-order valence-electron chi connectivity index (χ1n) is 8.56. The largest absolute Gasteiger partial charge is 0.484 e. The zero-order valence-electron chi connectivity index (χ0n) is 14.6. The number of rotatable bonds is 6. The van der Waals surface area contributed by atoms with Crippen molar-refractivity contribution >= 4 is 11.6 Å². The highest BCUT2D eigenvalue weighted by atomic mass is 16.5. The molecule has 25 heavy (non-hydrogen) atoms. The highest BCUT2D eigenvalue weighted by molar-refractivity contribution is 5.77. The topological polar surface area (TPSA) is 42.0 Å². The second-order valence-corrected chi connectivity index (χ2v) is 6.08. The van der Waals surface area contributed by atoms with E-state index in [1.807, 2.05) is 49.5 Å². The van der Waals surface area contributed by atoms with Gasteiger partial charge in [0.2, 0.25) is 0 Å².